The van der Waals surface area contributed by atoms with Crippen molar-refractivity contribution in [3.63, 3.8) is 0 Å². The van der Waals surface area contributed by atoms with Crippen LogP contribution < -0.4 is 11.1 Å². The van der Waals surface area contributed by atoms with Crippen LogP contribution >= 0.6 is 0 Å². The van der Waals surface area contributed by atoms with Gasteiger partial charge >= 0.3 is 0 Å². The number of carbonyl (C=O) groups is 1. The predicted octanol–water partition coefficient (Wildman–Crippen LogP) is 5.02. The molecule has 172 valence electrons. The second-order valence-electron chi connectivity index (χ2n) is 7.90. The minimum absolute atomic E-state index is 0. The van der Waals surface area contributed by atoms with E-state index in [0.29, 0.717) is 5.69 Å². The van der Waals surface area contributed by atoms with E-state index in [-0.39, 0.29) is 42.8 Å². The van der Waals surface area contributed by atoms with E-state index in [4.69, 9.17) is 5.73 Å². The number of aliphatic hydroxyl groups is 1. The van der Waals surface area contributed by atoms with Gasteiger partial charge in [0.2, 0.25) is 0 Å². The summed E-state index contributed by atoms with van der Waals surface area (Å²) < 4.78 is 28.8. The van der Waals surface area contributed by atoms with Gasteiger partial charge in [0.15, 0.2) is 0 Å². The fourth-order valence-corrected chi connectivity index (χ4v) is 4.03. The van der Waals surface area contributed by atoms with Crippen LogP contribution in [0.5, 0.6) is 0 Å². The lowest BCUT2D eigenvalue weighted by atomic mass is 9.81. The summed E-state index contributed by atoms with van der Waals surface area (Å²) in [5, 5.41) is 12.3. The molecule has 1 saturated carbocycles. The van der Waals surface area contributed by atoms with Crippen molar-refractivity contribution in [2.45, 2.75) is 51.5 Å². The molecule has 0 aliphatic heterocycles. The van der Waals surface area contributed by atoms with E-state index >= 15 is 0 Å². The third-order valence-electron chi connectivity index (χ3n) is 5.59. The number of nitrogens with one attached hydrogen (secondary N) is 1. The molecule has 4 N–H and O–H groups in total. The maximum atomic E-state index is 14.4. The zero-order valence-electron chi connectivity index (χ0n) is 17.2. The van der Waals surface area contributed by atoms with Crippen LogP contribution in [-0.2, 0) is 0 Å². The average Bonchev–Trinajstić information content (AvgIpc) is 2.94. The number of aliphatic hydroxyl groups excluding tert-OH is 1. The van der Waals surface area contributed by atoms with Crippen molar-refractivity contribution in [1.82, 2.24) is 9.97 Å². The number of hydrogen-bond donors (Lipinski definition) is 3. The molecule has 0 bridgehead atoms. The third-order valence-corrected chi connectivity index (χ3v) is 5.59. The molecule has 2 atom stereocenters. The first kappa shape index (κ1) is 24.1. The molecule has 2 aliphatic rings. The molecule has 0 spiro atoms. The molecule has 1 amide bonds. The maximum Gasteiger partial charge on any atom is 0.274 e. The van der Waals surface area contributed by atoms with Crippen molar-refractivity contribution in [2.75, 3.05) is 5.32 Å². The second-order valence-corrected chi connectivity index (χ2v) is 7.90. The smallest absolute Gasteiger partial charge is 0.274 e. The van der Waals surface area contributed by atoms with Crippen LogP contribution in [-0.4, -0.2) is 27.0 Å². The molecule has 8 heteroatoms. The Morgan fingerprint density at radius 1 is 1.24 bits per heavy atom. The highest BCUT2D eigenvalue weighted by Gasteiger charge is 2.24. The lowest BCUT2D eigenvalue weighted by Crippen LogP contribution is -2.27. The van der Waals surface area contributed by atoms with Crippen molar-refractivity contribution in [2.24, 2.45) is 5.73 Å². The fourth-order valence-electron chi connectivity index (χ4n) is 4.03. The van der Waals surface area contributed by atoms with Gasteiger partial charge in [-0.15, -0.1) is 0 Å². The summed E-state index contributed by atoms with van der Waals surface area (Å²) in [6.07, 6.45) is 7.79. The molecular weight excluding hydrogens is 426 g/mol. The Bertz CT molecular complexity index is 1180. The Morgan fingerprint density at radius 3 is 2.85 bits per heavy atom. The van der Waals surface area contributed by atoms with Crippen molar-refractivity contribution in [3.05, 3.63) is 71.0 Å². The molecule has 2 heterocycles. The number of halogens is 2. The van der Waals surface area contributed by atoms with Crippen molar-refractivity contribution < 1.29 is 18.7 Å². The maximum absolute atomic E-state index is 14.4. The van der Waals surface area contributed by atoms with Crippen LogP contribution in [0.4, 0.5) is 14.5 Å². The lowest BCUT2D eigenvalue weighted by molar-refractivity contribution is 0.102. The quantitative estimate of drug-likeness (QED) is 0.566. The SMILES string of the molecule is C.NC1CCCC(c2ccncc2NC(=O)c2ccc(F)c(C3=C(F)C=C(O)CC#C3)n2)C1. The summed E-state index contributed by atoms with van der Waals surface area (Å²) in [5.41, 5.74) is 6.79. The van der Waals surface area contributed by atoms with Crippen LogP contribution in [0.3, 0.4) is 0 Å². The van der Waals surface area contributed by atoms with Gasteiger partial charge in [0.05, 0.1) is 23.9 Å². The Balaban J connectivity index is 0.00000306. The number of aromatic nitrogens is 2. The van der Waals surface area contributed by atoms with E-state index in [1.54, 1.807) is 12.4 Å². The molecule has 0 saturated heterocycles. The average molecular weight is 453 g/mol. The van der Waals surface area contributed by atoms with Gasteiger partial charge in [-0.3, -0.25) is 9.78 Å². The number of rotatable bonds is 4. The Hall–Kier alpha value is -3.57. The van der Waals surface area contributed by atoms with Gasteiger partial charge < -0.3 is 16.2 Å². The monoisotopic (exact) mass is 452 g/mol. The first-order valence-corrected chi connectivity index (χ1v) is 10.4. The van der Waals surface area contributed by atoms with E-state index in [9.17, 15) is 18.7 Å². The summed E-state index contributed by atoms with van der Waals surface area (Å²) in [6, 6.07) is 4.24. The molecule has 1 fully saturated rings. The van der Waals surface area contributed by atoms with Crippen LogP contribution in [0, 0.1) is 17.7 Å². The van der Waals surface area contributed by atoms with Gasteiger partial charge in [-0.25, -0.2) is 13.8 Å². The van der Waals surface area contributed by atoms with E-state index in [2.05, 4.69) is 27.1 Å². The number of amides is 1. The summed E-state index contributed by atoms with van der Waals surface area (Å²) in [5.74, 6) is 2.63. The largest absolute Gasteiger partial charge is 0.511 e. The standard InChI is InChI=1S/C24H22F2N4O2.CH4/c25-19-7-8-21(29-23(19)18-6-2-5-16(31)12-20(18)26)24(32)30-22-13-28-10-9-17(22)14-3-1-4-15(27)11-14;/h7-10,12-15,31H,1,3-5,11,27H2,(H,30,32);1H4. The van der Waals surface area contributed by atoms with Crippen LogP contribution in [0.1, 0.15) is 67.2 Å². The summed E-state index contributed by atoms with van der Waals surface area (Å²) in [7, 11) is 0. The number of carbonyl (C=O) groups excluding carboxylic acids is 1. The molecule has 2 unspecified atom stereocenters. The van der Waals surface area contributed by atoms with Gasteiger partial charge in [-0.1, -0.05) is 25.7 Å². The molecule has 4 rings (SSSR count). The first-order chi connectivity index (χ1) is 15.4. The Morgan fingerprint density at radius 2 is 2.06 bits per heavy atom. The van der Waals surface area contributed by atoms with Crippen molar-refractivity contribution in [1.29, 1.82) is 0 Å². The molecule has 2 aromatic rings. The van der Waals surface area contributed by atoms with E-state index in [1.807, 2.05) is 6.07 Å². The fraction of sp³-hybridized carbons (Fsp3) is 0.320. The zero-order chi connectivity index (χ0) is 22.7. The van der Waals surface area contributed by atoms with Crippen LogP contribution in [0.2, 0.25) is 0 Å². The molecule has 2 aliphatic carbocycles. The van der Waals surface area contributed by atoms with Crippen molar-refractivity contribution >= 4 is 17.2 Å². The normalized spacial score (nSPS) is 20.0. The third kappa shape index (κ3) is 5.44. The zero-order valence-corrected chi connectivity index (χ0v) is 17.2. The van der Waals surface area contributed by atoms with Gasteiger partial charge in [0, 0.05) is 18.3 Å². The topological polar surface area (TPSA) is 101 Å². The van der Waals surface area contributed by atoms with Crippen LogP contribution in [0.25, 0.3) is 5.57 Å². The molecule has 0 radical (unpaired) electrons. The lowest BCUT2D eigenvalue weighted by Gasteiger charge is -2.28. The van der Waals surface area contributed by atoms with Gasteiger partial charge in [0.1, 0.15) is 28.8 Å². The first-order valence-electron chi connectivity index (χ1n) is 10.4. The van der Waals surface area contributed by atoms with E-state index in [0.717, 1.165) is 43.4 Å². The Labute approximate surface area is 191 Å². The van der Waals surface area contributed by atoms with Gasteiger partial charge in [-0.05, 0) is 48.9 Å². The molecule has 2 aromatic heterocycles. The number of allylic oxidation sites excluding steroid dienone is 4. The highest BCUT2D eigenvalue weighted by atomic mass is 19.1. The van der Waals surface area contributed by atoms with Crippen molar-refractivity contribution in [3.8, 4) is 11.8 Å². The predicted molar refractivity (Wildman–Crippen MR) is 123 cm³/mol. The molecule has 33 heavy (non-hydrogen) atoms. The van der Waals surface area contributed by atoms with Crippen LogP contribution in [0.15, 0.2) is 48.3 Å². The Kier molecular flexibility index (Phi) is 7.56. The number of hydrogen-bond acceptors (Lipinski definition) is 5. The highest BCUT2D eigenvalue weighted by Crippen LogP contribution is 2.35. The molecule has 0 aromatic carbocycles. The summed E-state index contributed by atoms with van der Waals surface area (Å²) >= 11 is 0. The summed E-state index contributed by atoms with van der Waals surface area (Å²) in [6.45, 7) is 0. The number of nitrogens with zero attached hydrogens (tertiary/aromatic N) is 2. The molecule has 6 nitrogen and oxygen atoms in total. The van der Waals surface area contributed by atoms with E-state index in [1.165, 1.54) is 6.07 Å². The van der Waals surface area contributed by atoms with Gasteiger partial charge in [-0.2, -0.15) is 0 Å². The number of anilines is 1. The minimum Gasteiger partial charge on any atom is -0.511 e. The summed E-state index contributed by atoms with van der Waals surface area (Å²) in [4.78, 5) is 21.0. The molecular formula is C25H26F2N4O2. The van der Waals surface area contributed by atoms with E-state index < -0.39 is 23.2 Å². The number of pyridine rings is 2. The number of nitrogens with two attached hydrogens (primary N) is 1. The highest BCUT2D eigenvalue weighted by molar-refractivity contribution is 6.03. The second kappa shape index (κ2) is 10.4. The van der Waals surface area contributed by atoms with Gasteiger partial charge in [0.25, 0.3) is 5.91 Å². The minimum atomic E-state index is -0.917.